The molecule has 0 bridgehead atoms. The minimum Gasteiger partial charge on any atom is -0.387 e. The zero-order valence-electron chi connectivity index (χ0n) is 19.2. The van der Waals surface area contributed by atoms with E-state index in [4.69, 9.17) is 10.5 Å². The van der Waals surface area contributed by atoms with Gasteiger partial charge < -0.3 is 30.9 Å². The highest BCUT2D eigenvalue weighted by molar-refractivity contribution is 7.11. The van der Waals surface area contributed by atoms with Crippen LogP contribution in [0.25, 0.3) is 11.2 Å². The van der Waals surface area contributed by atoms with E-state index < -0.39 is 30.4 Å². The van der Waals surface area contributed by atoms with Crippen LogP contribution >= 0.6 is 11.3 Å². The SMILES string of the molecule is CNC(=O)C1OC(n2cnc3c(N)nc(C#CCN(C(=O)c4cncs4)C4CCC4)nc32)[C@H](O)[C@@H]1O. The van der Waals surface area contributed by atoms with E-state index >= 15 is 0 Å². The number of hydrogen-bond acceptors (Lipinski definition) is 11. The smallest absolute Gasteiger partial charge is 0.266 e. The van der Waals surface area contributed by atoms with Crippen LogP contribution in [0, 0.1) is 11.8 Å². The first kappa shape index (κ1) is 24.1. The number of imidazole rings is 1. The third kappa shape index (κ3) is 4.26. The van der Waals surface area contributed by atoms with Crippen molar-refractivity contribution in [3.05, 3.63) is 28.7 Å². The Balaban J connectivity index is 1.41. The van der Waals surface area contributed by atoms with Crippen LogP contribution in [0.4, 0.5) is 5.82 Å². The summed E-state index contributed by atoms with van der Waals surface area (Å²) in [6, 6.07) is 0.129. The summed E-state index contributed by atoms with van der Waals surface area (Å²) in [5, 5.41) is 23.2. The van der Waals surface area contributed by atoms with Crippen molar-refractivity contribution in [2.45, 2.75) is 49.8 Å². The van der Waals surface area contributed by atoms with Gasteiger partial charge in [-0.3, -0.25) is 19.1 Å². The van der Waals surface area contributed by atoms with Crippen molar-refractivity contribution < 1.29 is 24.5 Å². The van der Waals surface area contributed by atoms with Crippen LogP contribution in [-0.4, -0.2) is 89.4 Å². The van der Waals surface area contributed by atoms with Gasteiger partial charge in [0.1, 0.15) is 22.6 Å². The van der Waals surface area contributed by atoms with Crippen LogP contribution in [-0.2, 0) is 9.53 Å². The second-order valence-electron chi connectivity index (χ2n) is 8.48. The number of rotatable bonds is 5. The first-order chi connectivity index (χ1) is 17.4. The number of thiazole rings is 1. The maximum atomic E-state index is 12.9. The van der Waals surface area contributed by atoms with E-state index in [1.54, 1.807) is 16.6 Å². The van der Waals surface area contributed by atoms with Gasteiger partial charge >= 0.3 is 0 Å². The van der Waals surface area contributed by atoms with E-state index in [1.807, 2.05) is 0 Å². The van der Waals surface area contributed by atoms with Crippen LogP contribution < -0.4 is 11.1 Å². The molecule has 3 aromatic heterocycles. The number of carbonyl (C=O) groups is 2. The quantitative estimate of drug-likeness (QED) is 0.318. The van der Waals surface area contributed by atoms with Crippen molar-refractivity contribution in [1.82, 2.24) is 34.7 Å². The molecule has 2 fully saturated rings. The topological polar surface area (TPSA) is 182 Å². The molecule has 0 spiro atoms. The van der Waals surface area contributed by atoms with Gasteiger partial charge in [0.05, 0.1) is 24.6 Å². The van der Waals surface area contributed by atoms with Crippen molar-refractivity contribution in [2.24, 2.45) is 0 Å². The Morgan fingerprint density at radius 1 is 1.33 bits per heavy atom. The lowest BCUT2D eigenvalue weighted by Crippen LogP contribution is -2.44. The lowest BCUT2D eigenvalue weighted by molar-refractivity contribution is -0.137. The van der Waals surface area contributed by atoms with Crippen molar-refractivity contribution >= 4 is 40.1 Å². The predicted molar refractivity (Wildman–Crippen MR) is 127 cm³/mol. The zero-order valence-corrected chi connectivity index (χ0v) is 20.1. The first-order valence-corrected chi connectivity index (χ1v) is 12.2. The van der Waals surface area contributed by atoms with E-state index in [9.17, 15) is 19.8 Å². The molecule has 14 heteroatoms. The fourth-order valence-electron chi connectivity index (χ4n) is 4.16. The molecule has 0 aromatic carbocycles. The Hall–Kier alpha value is -3.64. The Morgan fingerprint density at radius 2 is 2.14 bits per heavy atom. The molecule has 1 aliphatic carbocycles. The number of aliphatic hydroxyl groups excluding tert-OH is 2. The number of anilines is 1. The lowest BCUT2D eigenvalue weighted by Gasteiger charge is -2.36. The summed E-state index contributed by atoms with van der Waals surface area (Å²) >= 11 is 1.29. The van der Waals surface area contributed by atoms with E-state index in [2.05, 4.69) is 37.1 Å². The highest BCUT2D eigenvalue weighted by atomic mass is 32.1. The minimum absolute atomic E-state index is 0.0653. The van der Waals surface area contributed by atoms with Gasteiger partial charge in [0, 0.05) is 13.1 Å². The normalized spacial score (nSPS) is 23.6. The molecule has 4 heterocycles. The molecule has 2 amide bonds. The van der Waals surface area contributed by atoms with Gasteiger partial charge in [0.2, 0.25) is 5.82 Å². The van der Waals surface area contributed by atoms with Crippen LogP contribution in [0.2, 0.25) is 0 Å². The molecule has 2 aliphatic rings. The van der Waals surface area contributed by atoms with Crippen molar-refractivity contribution in [3.63, 3.8) is 0 Å². The molecule has 13 nitrogen and oxygen atoms in total. The maximum Gasteiger partial charge on any atom is 0.266 e. The Morgan fingerprint density at radius 3 is 2.81 bits per heavy atom. The number of nitrogens with one attached hydrogen (secondary N) is 1. The number of fused-ring (bicyclic) bond motifs is 1. The van der Waals surface area contributed by atoms with Gasteiger partial charge in [-0.05, 0) is 25.2 Å². The molecule has 1 saturated carbocycles. The van der Waals surface area contributed by atoms with Gasteiger partial charge in [-0.15, -0.1) is 11.3 Å². The summed E-state index contributed by atoms with van der Waals surface area (Å²) < 4.78 is 6.99. The van der Waals surface area contributed by atoms with Crippen molar-refractivity contribution in [3.8, 4) is 11.8 Å². The molecule has 5 rings (SSSR count). The third-order valence-corrected chi connectivity index (χ3v) is 7.10. The van der Waals surface area contributed by atoms with Gasteiger partial charge in [0.15, 0.2) is 23.8 Å². The number of nitrogen functional groups attached to an aromatic ring is 1. The van der Waals surface area contributed by atoms with E-state index in [0.29, 0.717) is 4.88 Å². The van der Waals surface area contributed by atoms with E-state index in [1.165, 1.54) is 29.3 Å². The van der Waals surface area contributed by atoms with Gasteiger partial charge in [-0.25, -0.2) is 15.0 Å². The molecule has 188 valence electrons. The minimum atomic E-state index is -1.44. The third-order valence-electron chi connectivity index (χ3n) is 6.33. The summed E-state index contributed by atoms with van der Waals surface area (Å²) in [5.41, 5.74) is 8.16. The number of nitrogens with two attached hydrogens (primary N) is 1. The van der Waals surface area contributed by atoms with Crippen LogP contribution in [0.15, 0.2) is 18.0 Å². The molecule has 5 N–H and O–H groups in total. The van der Waals surface area contributed by atoms with Crippen LogP contribution in [0.3, 0.4) is 0 Å². The second kappa shape index (κ2) is 9.78. The first-order valence-electron chi connectivity index (χ1n) is 11.3. The van der Waals surface area contributed by atoms with Crippen molar-refractivity contribution in [1.29, 1.82) is 0 Å². The Bertz CT molecular complexity index is 1350. The number of hydrogen-bond donors (Lipinski definition) is 4. The molecular formula is C22H24N8O5S. The highest BCUT2D eigenvalue weighted by Gasteiger charge is 2.47. The average Bonchev–Trinajstić information content (AvgIpc) is 3.57. The number of likely N-dealkylation sites (N-methyl/N-ethyl adjacent to an activating group) is 1. The molecule has 2 unspecified atom stereocenters. The fraction of sp³-hybridized carbons (Fsp3) is 0.455. The number of nitrogens with zero attached hydrogens (tertiary/aromatic N) is 6. The summed E-state index contributed by atoms with van der Waals surface area (Å²) in [6.45, 7) is 0.187. The van der Waals surface area contributed by atoms with Gasteiger partial charge in [-0.2, -0.15) is 0 Å². The monoisotopic (exact) mass is 512 g/mol. The standard InChI is InChI=1S/C22H24N8O5S/c1-24-20(33)17-15(31)16(32)22(35-17)30-9-26-14-18(23)27-13(28-19(14)30)6-3-7-29(11-4-2-5-11)21(34)12-8-25-10-36-12/h8-11,15-17,22,31-32H,2,4-5,7H2,1H3,(H,24,33)(H2,23,27,28)/t15-,16+,17?,22?/m0/s1. The number of carbonyl (C=O) groups excluding carboxylic acids is 2. The fourth-order valence-corrected chi connectivity index (χ4v) is 4.74. The molecular weight excluding hydrogens is 488 g/mol. The van der Waals surface area contributed by atoms with E-state index in [-0.39, 0.29) is 41.3 Å². The van der Waals surface area contributed by atoms with Gasteiger partial charge in [0.25, 0.3) is 11.8 Å². The summed E-state index contributed by atoms with van der Waals surface area (Å²) in [4.78, 5) is 44.0. The van der Waals surface area contributed by atoms with Crippen LogP contribution in [0.5, 0.6) is 0 Å². The second-order valence-corrected chi connectivity index (χ2v) is 9.37. The van der Waals surface area contributed by atoms with E-state index in [0.717, 1.165) is 19.3 Å². The van der Waals surface area contributed by atoms with Crippen LogP contribution in [0.1, 0.15) is 41.0 Å². The summed E-state index contributed by atoms with van der Waals surface area (Å²) in [5.74, 6) is 5.31. The molecule has 4 atom stereocenters. The molecule has 36 heavy (non-hydrogen) atoms. The Labute approximate surface area is 209 Å². The zero-order chi connectivity index (χ0) is 25.4. The lowest BCUT2D eigenvalue weighted by atomic mass is 9.91. The van der Waals surface area contributed by atoms with Gasteiger partial charge in [-0.1, -0.05) is 5.92 Å². The predicted octanol–water partition coefficient (Wildman–Crippen LogP) is -0.723. The maximum absolute atomic E-state index is 12.9. The molecule has 0 radical (unpaired) electrons. The average molecular weight is 513 g/mol. The summed E-state index contributed by atoms with van der Waals surface area (Å²) in [6.07, 6.45) is 0.551. The molecule has 1 aliphatic heterocycles. The largest absolute Gasteiger partial charge is 0.387 e. The summed E-state index contributed by atoms with van der Waals surface area (Å²) in [7, 11) is 1.40. The number of aromatic nitrogens is 5. The number of ether oxygens (including phenoxy) is 1. The Kier molecular flexibility index (Phi) is 6.54. The number of amides is 2. The number of aliphatic hydroxyl groups is 2. The highest BCUT2D eigenvalue weighted by Crippen LogP contribution is 2.32. The van der Waals surface area contributed by atoms with Crippen molar-refractivity contribution in [2.75, 3.05) is 19.3 Å². The molecule has 1 saturated heterocycles. The molecule has 3 aromatic rings.